The van der Waals surface area contributed by atoms with Gasteiger partial charge >= 0.3 is 6.09 Å². The fraction of sp³-hybridized carbons (Fsp3) is 0.375. The molecular weight excluding hydrogens is 400 g/mol. The van der Waals surface area contributed by atoms with E-state index in [0.717, 1.165) is 21.4 Å². The highest BCUT2D eigenvalue weighted by Gasteiger charge is 2.41. The highest BCUT2D eigenvalue weighted by Crippen LogP contribution is 2.36. The summed E-state index contributed by atoms with van der Waals surface area (Å²) in [7, 11) is 0. The number of aromatic nitrogens is 2. The number of carbonyl (C=O) groups is 1. The maximum atomic E-state index is 13.2. The summed E-state index contributed by atoms with van der Waals surface area (Å²) in [5.74, 6) is 1.39. The molecule has 132 valence electrons. The molecule has 0 spiro atoms. The van der Waals surface area contributed by atoms with Crippen molar-refractivity contribution < 1.29 is 23.0 Å². The van der Waals surface area contributed by atoms with Crippen molar-refractivity contribution in [3.63, 3.8) is 0 Å². The first-order valence-corrected chi connectivity index (χ1v) is 8.58. The molecule has 2 aliphatic heterocycles. The molecule has 0 radical (unpaired) electrons. The molecule has 25 heavy (non-hydrogen) atoms. The van der Waals surface area contributed by atoms with Crippen LogP contribution in [0.1, 0.15) is 6.42 Å². The third-order valence-corrected chi connectivity index (χ3v) is 4.69. The second-order valence-electron chi connectivity index (χ2n) is 5.81. The quantitative estimate of drug-likeness (QED) is 0.753. The Hall–Kier alpha value is -2.16. The van der Waals surface area contributed by atoms with Gasteiger partial charge in [0.2, 0.25) is 0 Å². The summed E-state index contributed by atoms with van der Waals surface area (Å²) in [5, 5.41) is 0. The van der Waals surface area contributed by atoms with Crippen LogP contribution in [-0.2, 0) is 11.3 Å². The van der Waals surface area contributed by atoms with E-state index in [0.29, 0.717) is 24.7 Å². The number of aryl methyl sites for hydroxylation is 1. The molecule has 6 nitrogen and oxygen atoms in total. The van der Waals surface area contributed by atoms with Crippen molar-refractivity contribution in [2.24, 2.45) is 0 Å². The van der Waals surface area contributed by atoms with Crippen LogP contribution in [0.25, 0.3) is 11.4 Å². The van der Waals surface area contributed by atoms with Crippen LogP contribution < -0.4 is 9.64 Å². The minimum Gasteiger partial charge on any atom is -0.493 e. The van der Waals surface area contributed by atoms with Crippen LogP contribution in [0.2, 0.25) is 0 Å². The number of rotatable bonds is 2. The van der Waals surface area contributed by atoms with Crippen molar-refractivity contribution >= 4 is 27.8 Å². The van der Waals surface area contributed by atoms with Crippen LogP contribution in [0.3, 0.4) is 0 Å². The average Bonchev–Trinajstić information content (AvgIpc) is 3.13. The lowest BCUT2D eigenvalue weighted by atomic mass is 10.1. The average molecular weight is 414 g/mol. The third kappa shape index (κ3) is 2.86. The van der Waals surface area contributed by atoms with Gasteiger partial charge in [0.1, 0.15) is 24.2 Å². The number of ether oxygens (including phenoxy) is 2. The van der Waals surface area contributed by atoms with E-state index in [1.807, 2.05) is 22.8 Å². The molecule has 3 heterocycles. The van der Waals surface area contributed by atoms with E-state index >= 15 is 0 Å². The van der Waals surface area contributed by atoms with E-state index in [1.165, 1.54) is 0 Å². The molecule has 1 aromatic carbocycles. The van der Waals surface area contributed by atoms with Gasteiger partial charge in [-0.2, -0.15) is 0 Å². The third-order valence-electron chi connectivity index (χ3n) is 4.19. The molecule has 0 N–H and O–H groups in total. The maximum Gasteiger partial charge on any atom is 0.416 e. The second-order valence-corrected chi connectivity index (χ2v) is 6.72. The zero-order valence-electron chi connectivity index (χ0n) is 13.0. The van der Waals surface area contributed by atoms with Gasteiger partial charge in [0.05, 0.1) is 12.2 Å². The lowest BCUT2D eigenvalue weighted by Gasteiger charge is -2.17. The number of hydrogen-bond donors (Lipinski definition) is 0. The molecular formula is C16H14BrF2N3O3. The number of nitrogens with zero attached hydrogens (tertiary/aromatic N) is 3. The molecule has 1 unspecified atom stereocenters. The lowest BCUT2D eigenvalue weighted by Crippen LogP contribution is -2.38. The van der Waals surface area contributed by atoms with Crippen LogP contribution in [0.5, 0.6) is 5.75 Å². The van der Waals surface area contributed by atoms with Gasteiger partial charge in [-0.1, -0.05) is 15.9 Å². The van der Waals surface area contributed by atoms with Crippen molar-refractivity contribution in [1.29, 1.82) is 0 Å². The summed E-state index contributed by atoms with van der Waals surface area (Å²) in [6.45, 7) is 0.799. The van der Waals surface area contributed by atoms with Gasteiger partial charge < -0.3 is 14.0 Å². The van der Waals surface area contributed by atoms with Crippen molar-refractivity contribution in [2.45, 2.75) is 25.4 Å². The highest BCUT2D eigenvalue weighted by atomic mass is 79.9. The molecule has 0 aliphatic carbocycles. The van der Waals surface area contributed by atoms with Crippen LogP contribution >= 0.6 is 15.9 Å². The van der Waals surface area contributed by atoms with Gasteiger partial charge in [0.25, 0.3) is 6.43 Å². The minimum atomic E-state index is -2.71. The van der Waals surface area contributed by atoms with Gasteiger partial charge in [-0.15, -0.1) is 0 Å². The molecule has 4 rings (SSSR count). The molecule has 9 heteroatoms. The lowest BCUT2D eigenvalue weighted by molar-refractivity contribution is 0.104. The Bertz CT molecular complexity index is 827. The largest absolute Gasteiger partial charge is 0.493 e. The summed E-state index contributed by atoms with van der Waals surface area (Å²) in [4.78, 5) is 17.3. The molecule has 2 aliphatic rings. The minimum absolute atomic E-state index is 0.165. The van der Waals surface area contributed by atoms with Crippen molar-refractivity contribution in [1.82, 2.24) is 9.55 Å². The first-order chi connectivity index (χ1) is 12.0. The topological polar surface area (TPSA) is 56.6 Å². The predicted octanol–water partition coefficient (Wildman–Crippen LogP) is 3.69. The Morgan fingerprint density at radius 3 is 2.96 bits per heavy atom. The van der Waals surface area contributed by atoms with Gasteiger partial charge in [0.15, 0.2) is 5.82 Å². The van der Waals surface area contributed by atoms with Crippen LogP contribution in [0.4, 0.5) is 19.4 Å². The SMILES string of the molecule is O=C1OCC(C(F)F)N1c1cn2c(n1)-c1ccc(Br)cc1OCCC2. The predicted molar refractivity (Wildman–Crippen MR) is 89.1 cm³/mol. The van der Waals surface area contributed by atoms with Crippen molar-refractivity contribution in [2.75, 3.05) is 18.1 Å². The number of imidazole rings is 1. The monoisotopic (exact) mass is 413 g/mol. The number of amides is 1. The van der Waals surface area contributed by atoms with Crippen LogP contribution in [0.15, 0.2) is 28.9 Å². The van der Waals surface area contributed by atoms with Crippen molar-refractivity contribution in [3.8, 4) is 17.1 Å². The number of benzene rings is 1. The Kier molecular flexibility index (Phi) is 4.10. The molecule has 1 atom stereocenters. The number of fused-ring (bicyclic) bond motifs is 3. The summed E-state index contributed by atoms with van der Waals surface area (Å²) in [6, 6.07) is 4.22. The Balaban J connectivity index is 1.80. The highest BCUT2D eigenvalue weighted by molar-refractivity contribution is 9.10. The fourth-order valence-electron chi connectivity index (χ4n) is 3.01. The van der Waals surface area contributed by atoms with Crippen molar-refractivity contribution in [3.05, 3.63) is 28.9 Å². The molecule has 2 aromatic rings. The Morgan fingerprint density at radius 1 is 1.32 bits per heavy atom. The molecule has 1 saturated heterocycles. The number of carbonyl (C=O) groups excluding carboxylic acids is 1. The summed E-state index contributed by atoms with van der Waals surface area (Å²) in [6.07, 6.45) is -1.16. The summed E-state index contributed by atoms with van der Waals surface area (Å²) in [5.41, 5.74) is 0.746. The molecule has 1 fully saturated rings. The fourth-order valence-corrected chi connectivity index (χ4v) is 3.35. The number of halogens is 3. The molecule has 1 aromatic heterocycles. The zero-order valence-corrected chi connectivity index (χ0v) is 14.6. The summed E-state index contributed by atoms with van der Waals surface area (Å²) >= 11 is 3.41. The Labute approximate surface area is 150 Å². The van der Waals surface area contributed by atoms with E-state index in [9.17, 15) is 13.6 Å². The zero-order chi connectivity index (χ0) is 17.6. The molecule has 1 amide bonds. The van der Waals surface area contributed by atoms with Gasteiger partial charge in [-0.3, -0.25) is 0 Å². The number of anilines is 1. The second kappa shape index (κ2) is 6.29. The first kappa shape index (κ1) is 16.3. The normalized spacial score (nSPS) is 19.8. The van der Waals surface area contributed by atoms with Gasteiger partial charge in [-0.25, -0.2) is 23.5 Å². The number of cyclic esters (lactones) is 1. The van der Waals surface area contributed by atoms with Gasteiger partial charge in [-0.05, 0) is 24.6 Å². The molecule has 0 saturated carbocycles. The van der Waals surface area contributed by atoms with Crippen LogP contribution in [-0.4, -0.2) is 41.3 Å². The number of alkyl halides is 2. The number of hydrogen-bond acceptors (Lipinski definition) is 4. The first-order valence-electron chi connectivity index (χ1n) is 7.78. The smallest absolute Gasteiger partial charge is 0.416 e. The van der Waals surface area contributed by atoms with E-state index < -0.39 is 18.6 Å². The summed E-state index contributed by atoms with van der Waals surface area (Å²) < 4.78 is 39.7. The van der Waals surface area contributed by atoms with E-state index in [1.54, 1.807) is 6.20 Å². The Morgan fingerprint density at radius 2 is 2.16 bits per heavy atom. The molecule has 0 bridgehead atoms. The van der Waals surface area contributed by atoms with Gasteiger partial charge in [0, 0.05) is 17.2 Å². The van der Waals surface area contributed by atoms with E-state index in [4.69, 9.17) is 9.47 Å². The van der Waals surface area contributed by atoms with E-state index in [2.05, 4.69) is 20.9 Å². The maximum absolute atomic E-state index is 13.2. The standard InChI is InChI=1S/C16H14BrF2N3O3/c17-9-2-3-10-12(6-9)24-5-1-4-21-7-13(20-15(10)21)22-11(14(18)19)8-25-16(22)23/h2-3,6-7,11,14H,1,4-5,8H2. The van der Waals surface area contributed by atoms with Crippen LogP contribution in [0, 0.1) is 0 Å². The van der Waals surface area contributed by atoms with E-state index in [-0.39, 0.29) is 12.4 Å².